The molecule has 1 aromatic carbocycles. The van der Waals surface area contributed by atoms with Crippen molar-refractivity contribution in [2.45, 2.75) is 51.0 Å². The van der Waals surface area contributed by atoms with Crippen molar-refractivity contribution in [3.05, 3.63) is 29.8 Å². The Labute approximate surface area is 169 Å². The molecule has 0 radical (unpaired) electrons. The summed E-state index contributed by atoms with van der Waals surface area (Å²) in [5.41, 5.74) is 1.14. The van der Waals surface area contributed by atoms with Gasteiger partial charge in [-0.2, -0.15) is 0 Å². The van der Waals surface area contributed by atoms with Crippen LogP contribution in [-0.4, -0.2) is 67.6 Å². The van der Waals surface area contributed by atoms with Gasteiger partial charge in [0.1, 0.15) is 12.4 Å². The molecule has 3 heterocycles. The summed E-state index contributed by atoms with van der Waals surface area (Å²) in [6.45, 7) is 7.40. The van der Waals surface area contributed by atoms with Crippen LogP contribution in [0, 0.1) is 5.92 Å². The van der Waals surface area contributed by atoms with Gasteiger partial charge in [0.2, 0.25) is 5.91 Å². The molecule has 1 amide bonds. The topological polar surface area (TPSA) is 44.8 Å². The molecule has 1 N–H and O–H groups in total. The number of hydrogen-bond acceptors (Lipinski definition) is 4. The number of nitrogens with one attached hydrogen (secondary N) is 1. The third-order valence-electron chi connectivity index (χ3n) is 6.66. The van der Waals surface area contributed by atoms with E-state index in [2.05, 4.69) is 21.2 Å². The van der Waals surface area contributed by atoms with E-state index in [1.165, 1.54) is 58.3 Å². The van der Waals surface area contributed by atoms with Gasteiger partial charge in [-0.3, -0.25) is 4.79 Å². The Kier molecular flexibility index (Phi) is 6.86. The summed E-state index contributed by atoms with van der Waals surface area (Å²) in [6, 6.07) is 8.84. The van der Waals surface area contributed by atoms with Gasteiger partial charge in [0.05, 0.1) is 5.92 Å². The lowest BCUT2D eigenvalue weighted by molar-refractivity contribution is -0.126. The van der Waals surface area contributed by atoms with E-state index in [0.29, 0.717) is 6.61 Å². The number of para-hydroxylation sites is 1. The van der Waals surface area contributed by atoms with Crippen molar-refractivity contribution in [2.75, 3.05) is 45.9 Å². The lowest BCUT2D eigenvalue weighted by Crippen LogP contribution is -2.47. The summed E-state index contributed by atoms with van der Waals surface area (Å²) in [7, 11) is 0. The number of fused-ring (bicyclic) bond motifs is 1. The van der Waals surface area contributed by atoms with E-state index in [0.717, 1.165) is 43.3 Å². The molecule has 2 fully saturated rings. The van der Waals surface area contributed by atoms with Gasteiger partial charge in [-0.1, -0.05) is 24.6 Å². The first-order chi connectivity index (χ1) is 13.8. The van der Waals surface area contributed by atoms with Crippen LogP contribution in [0.1, 0.15) is 44.1 Å². The first kappa shape index (κ1) is 19.7. The number of carbonyl (C=O) groups is 1. The van der Waals surface area contributed by atoms with E-state index in [-0.39, 0.29) is 11.8 Å². The van der Waals surface area contributed by atoms with Gasteiger partial charge in [-0.25, -0.2) is 0 Å². The van der Waals surface area contributed by atoms with Gasteiger partial charge < -0.3 is 19.9 Å². The second-order valence-electron chi connectivity index (χ2n) is 8.63. The normalized spacial score (nSPS) is 24.4. The van der Waals surface area contributed by atoms with Crippen molar-refractivity contribution >= 4 is 5.91 Å². The number of benzene rings is 1. The van der Waals surface area contributed by atoms with Crippen LogP contribution in [0.4, 0.5) is 0 Å². The Hall–Kier alpha value is -1.59. The summed E-state index contributed by atoms with van der Waals surface area (Å²) in [5.74, 6) is 1.01. The zero-order valence-corrected chi connectivity index (χ0v) is 17.1. The maximum absolute atomic E-state index is 12.5. The Morgan fingerprint density at radius 3 is 2.68 bits per heavy atom. The summed E-state index contributed by atoms with van der Waals surface area (Å²) < 4.78 is 5.75. The molecule has 5 heteroatoms. The Bertz CT molecular complexity index is 636. The number of amides is 1. The van der Waals surface area contributed by atoms with Crippen LogP contribution in [0.15, 0.2) is 24.3 Å². The molecule has 0 unspecified atom stereocenters. The molecule has 2 saturated heterocycles. The van der Waals surface area contributed by atoms with Gasteiger partial charge >= 0.3 is 0 Å². The highest BCUT2D eigenvalue weighted by Gasteiger charge is 2.26. The monoisotopic (exact) mass is 385 g/mol. The van der Waals surface area contributed by atoms with Crippen molar-refractivity contribution in [2.24, 2.45) is 5.92 Å². The number of piperidine rings is 2. The summed E-state index contributed by atoms with van der Waals surface area (Å²) in [6.07, 6.45) is 8.63. The molecular weight excluding hydrogens is 350 g/mol. The first-order valence-corrected chi connectivity index (χ1v) is 11.2. The van der Waals surface area contributed by atoms with Crippen LogP contribution < -0.4 is 10.1 Å². The fourth-order valence-corrected chi connectivity index (χ4v) is 4.95. The number of carbonyl (C=O) groups excluding carboxylic acids is 1. The Morgan fingerprint density at radius 2 is 1.86 bits per heavy atom. The van der Waals surface area contributed by atoms with Crippen LogP contribution in [0.25, 0.3) is 0 Å². The van der Waals surface area contributed by atoms with Crippen LogP contribution in [-0.2, 0) is 11.2 Å². The fourth-order valence-electron chi connectivity index (χ4n) is 4.95. The summed E-state index contributed by atoms with van der Waals surface area (Å²) in [4.78, 5) is 17.8. The lowest BCUT2D eigenvalue weighted by Gasteiger charge is -2.40. The minimum absolute atomic E-state index is 0.0600. The fraction of sp³-hybridized carbons (Fsp3) is 0.696. The summed E-state index contributed by atoms with van der Waals surface area (Å²) in [5, 5.41) is 3.13. The predicted molar refractivity (Wildman–Crippen MR) is 112 cm³/mol. The largest absolute Gasteiger partial charge is 0.492 e. The van der Waals surface area contributed by atoms with Gasteiger partial charge in [0.25, 0.3) is 0 Å². The van der Waals surface area contributed by atoms with Gasteiger partial charge in [-0.05, 0) is 82.9 Å². The number of hydrogen-bond donors (Lipinski definition) is 1. The summed E-state index contributed by atoms with van der Waals surface area (Å²) >= 11 is 0. The zero-order chi connectivity index (χ0) is 19.2. The van der Waals surface area contributed by atoms with Gasteiger partial charge in [0.15, 0.2) is 0 Å². The van der Waals surface area contributed by atoms with Crippen molar-refractivity contribution in [3.8, 4) is 5.75 Å². The van der Waals surface area contributed by atoms with E-state index < -0.39 is 0 Å². The Balaban J connectivity index is 1.11. The van der Waals surface area contributed by atoms with Crippen molar-refractivity contribution < 1.29 is 9.53 Å². The van der Waals surface area contributed by atoms with Crippen molar-refractivity contribution in [1.29, 1.82) is 0 Å². The molecule has 3 aliphatic heterocycles. The standard InChI is InChI=1S/C23H35N3O2/c27-23(20-17-19-7-2-3-8-22(19)28-18-20)24-11-6-12-25-15-9-21(10-16-25)26-13-4-1-5-14-26/h2-3,7-8,20-21H,1,4-6,9-18H2,(H,24,27)/t20-/m0/s1. The third kappa shape index (κ3) is 5.06. The van der Waals surface area contributed by atoms with Crippen LogP contribution in [0.5, 0.6) is 5.75 Å². The second kappa shape index (κ2) is 9.75. The van der Waals surface area contributed by atoms with E-state index >= 15 is 0 Å². The molecular formula is C23H35N3O2. The highest BCUT2D eigenvalue weighted by molar-refractivity contribution is 5.79. The molecule has 0 aliphatic carbocycles. The highest BCUT2D eigenvalue weighted by Crippen LogP contribution is 2.26. The minimum atomic E-state index is -0.0600. The SMILES string of the molecule is O=C(NCCCN1CCC(N2CCCCC2)CC1)[C@@H]1COc2ccccc2C1. The maximum atomic E-state index is 12.5. The highest BCUT2D eigenvalue weighted by atomic mass is 16.5. The predicted octanol–water partition coefficient (Wildman–Crippen LogP) is 2.69. The third-order valence-corrected chi connectivity index (χ3v) is 6.66. The molecule has 0 saturated carbocycles. The number of nitrogens with zero attached hydrogens (tertiary/aromatic N) is 2. The zero-order valence-electron chi connectivity index (χ0n) is 17.1. The number of ether oxygens (including phenoxy) is 1. The number of likely N-dealkylation sites (tertiary alicyclic amines) is 2. The lowest BCUT2D eigenvalue weighted by atomic mass is 9.96. The molecule has 0 aromatic heterocycles. The quantitative estimate of drug-likeness (QED) is 0.765. The molecule has 154 valence electrons. The average molecular weight is 386 g/mol. The van der Waals surface area contributed by atoms with Crippen molar-refractivity contribution in [3.63, 3.8) is 0 Å². The van der Waals surface area contributed by atoms with Gasteiger partial charge in [-0.15, -0.1) is 0 Å². The Morgan fingerprint density at radius 1 is 1.07 bits per heavy atom. The molecule has 1 aromatic rings. The smallest absolute Gasteiger partial charge is 0.226 e. The molecule has 3 aliphatic rings. The maximum Gasteiger partial charge on any atom is 0.226 e. The van der Waals surface area contributed by atoms with E-state index in [1.807, 2.05) is 18.2 Å². The van der Waals surface area contributed by atoms with E-state index in [4.69, 9.17) is 4.74 Å². The van der Waals surface area contributed by atoms with Crippen LogP contribution in [0.3, 0.4) is 0 Å². The average Bonchev–Trinajstić information content (AvgIpc) is 2.77. The van der Waals surface area contributed by atoms with Crippen molar-refractivity contribution in [1.82, 2.24) is 15.1 Å². The molecule has 28 heavy (non-hydrogen) atoms. The van der Waals surface area contributed by atoms with Crippen LogP contribution in [0.2, 0.25) is 0 Å². The minimum Gasteiger partial charge on any atom is -0.492 e. The van der Waals surface area contributed by atoms with E-state index in [9.17, 15) is 4.79 Å². The van der Waals surface area contributed by atoms with Crippen LogP contribution >= 0.6 is 0 Å². The second-order valence-corrected chi connectivity index (χ2v) is 8.63. The molecule has 0 bridgehead atoms. The first-order valence-electron chi connectivity index (χ1n) is 11.2. The molecule has 4 rings (SSSR count). The van der Waals surface area contributed by atoms with E-state index in [1.54, 1.807) is 0 Å². The number of rotatable bonds is 6. The van der Waals surface area contributed by atoms with Gasteiger partial charge in [0, 0.05) is 12.6 Å². The molecule has 5 nitrogen and oxygen atoms in total. The molecule has 0 spiro atoms. The molecule has 1 atom stereocenters.